The molecule has 3 nitrogen and oxygen atoms in total. The van der Waals surface area contributed by atoms with Gasteiger partial charge in [0.05, 0.1) is 0 Å². The summed E-state index contributed by atoms with van der Waals surface area (Å²) in [4.78, 5) is 16.4. The molecule has 1 aromatic carbocycles. The molecule has 1 N–H and O–H groups in total. The summed E-state index contributed by atoms with van der Waals surface area (Å²) >= 11 is 0. The van der Waals surface area contributed by atoms with Crippen molar-refractivity contribution >= 4 is 6.08 Å². The summed E-state index contributed by atoms with van der Waals surface area (Å²) in [5.41, 5.74) is 1.05. The molecule has 0 unspecified atom stereocenters. The number of hydrogen-bond donors (Lipinski definition) is 1. The lowest BCUT2D eigenvalue weighted by Crippen LogP contribution is -2.43. The molecule has 2 aromatic rings. The van der Waals surface area contributed by atoms with E-state index in [2.05, 4.69) is 16.0 Å². The van der Waals surface area contributed by atoms with Crippen molar-refractivity contribution in [3.05, 3.63) is 74.7 Å². The lowest BCUT2D eigenvalue weighted by Gasteiger charge is -2.40. The fraction of sp³-hybridized carbons (Fsp3) is 0.435. The number of likely N-dealkylation sites (tertiary alicyclic amines) is 1. The normalized spacial score (nSPS) is 18.5. The Balaban J connectivity index is 1.43. The van der Waals surface area contributed by atoms with Crippen LogP contribution in [0.15, 0.2) is 46.9 Å². The number of aromatic amines is 1. The molecule has 29 heavy (non-hydrogen) atoms. The Kier molecular flexibility index (Phi) is 5.63. The topological polar surface area (TPSA) is 36.1 Å². The van der Waals surface area contributed by atoms with Crippen LogP contribution in [0.25, 0.3) is 6.08 Å². The van der Waals surface area contributed by atoms with E-state index in [0.717, 1.165) is 43.1 Å². The first-order valence-electron chi connectivity index (χ1n) is 10.2. The van der Waals surface area contributed by atoms with Crippen molar-refractivity contribution in [1.82, 2.24) is 9.88 Å². The van der Waals surface area contributed by atoms with E-state index in [-0.39, 0.29) is 12.0 Å². The van der Waals surface area contributed by atoms with Crippen molar-refractivity contribution in [3.63, 3.8) is 0 Å². The molecule has 1 aliphatic carbocycles. The van der Waals surface area contributed by atoms with Crippen molar-refractivity contribution in [2.24, 2.45) is 0 Å². The zero-order valence-electron chi connectivity index (χ0n) is 16.3. The fourth-order valence-corrected chi connectivity index (χ4v) is 4.24. The smallest absolute Gasteiger partial charge is 0.329 e. The molecule has 1 saturated heterocycles. The maximum absolute atomic E-state index is 13.2. The maximum Gasteiger partial charge on any atom is 0.421 e. The summed E-state index contributed by atoms with van der Waals surface area (Å²) in [6.07, 6.45) is 5.08. The molecule has 6 heteroatoms. The summed E-state index contributed by atoms with van der Waals surface area (Å²) < 4.78 is 39.6. The van der Waals surface area contributed by atoms with Crippen molar-refractivity contribution in [2.45, 2.75) is 50.7 Å². The van der Waals surface area contributed by atoms with Gasteiger partial charge in [-0.25, -0.2) is 0 Å². The predicted octanol–water partition coefficient (Wildman–Crippen LogP) is 5.02. The van der Waals surface area contributed by atoms with Crippen molar-refractivity contribution in [2.75, 3.05) is 13.1 Å². The van der Waals surface area contributed by atoms with Crippen LogP contribution in [0.3, 0.4) is 0 Å². The number of alkyl halides is 3. The van der Waals surface area contributed by atoms with E-state index in [9.17, 15) is 18.0 Å². The van der Waals surface area contributed by atoms with Gasteiger partial charge in [-0.1, -0.05) is 42.3 Å². The van der Waals surface area contributed by atoms with E-state index in [0.29, 0.717) is 0 Å². The monoisotopic (exact) mass is 402 g/mol. The molecular weight excluding hydrogens is 377 g/mol. The summed E-state index contributed by atoms with van der Waals surface area (Å²) in [7, 11) is 0. The first-order valence-corrected chi connectivity index (χ1v) is 10.2. The van der Waals surface area contributed by atoms with Crippen molar-refractivity contribution in [1.29, 1.82) is 0 Å². The van der Waals surface area contributed by atoms with Gasteiger partial charge in [-0.05, 0) is 54.9 Å². The van der Waals surface area contributed by atoms with E-state index in [1.165, 1.54) is 37.1 Å². The third-order valence-electron chi connectivity index (χ3n) is 6.11. The van der Waals surface area contributed by atoms with Gasteiger partial charge in [0.1, 0.15) is 5.56 Å². The first kappa shape index (κ1) is 20.0. The highest BCUT2D eigenvalue weighted by atomic mass is 19.4. The van der Waals surface area contributed by atoms with Crippen LogP contribution in [0.1, 0.15) is 54.4 Å². The Morgan fingerprint density at radius 2 is 1.76 bits per heavy atom. The van der Waals surface area contributed by atoms with Crippen LogP contribution in [-0.2, 0) is 12.6 Å². The maximum atomic E-state index is 13.2. The van der Waals surface area contributed by atoms with Crippen LogP contribution in [0.2, 0.25) is 0 Å². The second-order valence-electron chi connectivity index (χ2n) is 8.05. The molecule has 154 valence electrons. The first-order chi connectivity index (χ1) is 13.9. The third kappa shape index (κ3) is 4.64. The molecule has 0 atom stereocenters. The lowest BCUT2D eigenvalue weighted by molar-refractivity contribution is -0.139. The minimum absolute atomic E-state index is 0.00396. The summed E-state index contributed by atoms with van der Waals surface area (Å²) in [5, 5.41) is 0. The van der Waals surface area contributed by atoms with Crippen LogP contribution in [0, 0.1) is 0 Å². The van der Waals surface area contributed by atoms with Gasteiger partial charge in [-0.2, -0.15) is 13.2 Å². The summed E-state index contributed by atoms with van der Waals surface area (Å²) in [6.45, 7) is 2.24. The molecule has 1 aliphatic heterocycles. The highest BCUT2D eigenvalue weighted by Crippen LogP contribution is 2.31. The zero-order valence-corrected chi connectivity index (χ0v) is 16.3. The average Bonchev–Trinajstić information content (AvgIpc) is 2.62. The Hall–Kier alpha value is -2.34. The van der Waals surface area contributed by atoms with E-state index < -0.39 is 17.3 Å². The van der Waals surface area contributed by atoms with Gasteiger partial charge >= 0.3 is 6.18 Å². The van der Waals surface area contributed by atoms with Crippen LogP contribution >= 0.6 is 0 Å². The van der Waals surface area contributed by atoms with Crippen LogP contribution in [-0.4, -0.2) is 29.0 Å². The minimum Gasteiger partial charge on any atom is -0.329 e. The number of nitrogens with one attached hydrogen (secondary N) is 1. The van der Waals surface area contributed by atoms with E-state index in [1.54, 1.807) is 0 Å². The lowest BCUT2D eigenvalue weighted by atomic mass is 9.89. The molecule has 1 aromatic heterocycles. The second-order valence-corrected chi connectivity index (χ2v) is 8.05. The van der Waals surface area contributed by atoms with E-state index in [4.69, 9.17) is 0 Å². The number of rotatable bonds is 4. The number of H-pyrrole nitrogens is 1. The minimum atomic E-state index is -4.66. The largest absolute Gasteiger partial charge is 0.421 e. The van der Waals surface area contributed by atoms with Gasteiger partial charge in [-0.15, -0.1) is 0 Å². The van der Waals surface area contributed by atoms with Gasteiger partial charge in [-0.3, -0.25) is 9.69 Å². The molecule has 2 heterocycles. The Bertz CT molecular complexity index is 930. The van der Waals surface area contributed by atoms with Gasteiger partial charge in [0.2, 0.25) is 0 Å². The summed E-state index contributed by atoms with van der Waals surface area (Å²) in [6, 6.07) is 9.70. The number of hydrogen-bond acceptors (Lipinski definition) is 2. The molecule has 1 saturated carbocycles. The quantitative estimate of drug-likeness (QED) is 0.780. The van der Waals surface area contributed by atoms with E-state index >= 15 is 0 Å². The van der Waals surface area contributed by atoms with Gasteiger partial charge < -0.3 is 4.98 Å². The molecule has 2 aliphatic rings. The fourth-order valence-electron chi connectivity index (χ4n) is 4.24. The van der Waals surface area contributed by atoms with Crippen molar-refractivity contribution < 1.29 is 13.2 Å². The molecule has 0 bridgehead atoms. The van der Waals surface area contributed by atoms with Crippen LogP contribution in [0.4, 0.5) is 13.2 Å². The number of benzene rings is 1. The van der Waals surface area contributed by atoms with Crippen LogP contribution in [0.5, 0.6) is 0 Å². The molecule has 0 amide bonds. The summed E-state index contributed by atoms with van der Waals surface area (Å²) in [5.74, 6) is 0. The second kappa shape index (κ2) is 8.19. The van der Waals surface area contributed by atoms with Crippen molar-refractivity contribution in [3.8, 4) is 0 Å². The highest BCUT2D eigenvalue weighted by Gasteiger charge is 2.36. The highest BCUT2D eigenvalue weighted by molar-refractivity contribution is 5.54. The number of nitrogens with zero attached hydrogens (tertiary/aromatic N) is 1. The van der Waals surface area contributed by atoms with Crippen LogP contribution < -0.4 is 5.56 Å². The average molecular weight is 402 g/mol. The van der Waals surface area contributed by atoms with E-state index in [1.807, 2.05) is 24.3 Å². The van der Waals surface area contributed by atoms with Gasteiger partial charge in [0, 0.05) is 25.3 Å². The Labute approximate surface area is 168 Å². The SMILES string of the molecule is O=c1[nH]ccc(Cc2ccc(C=C3CCN(C4CCC4)CC3)cc2)c1C(F)(F)F. The standard InChI is InChI=1S/C23H25F3N2O/c24-23(25,26)21-19(8-11-27-22(21)29)15-17-6-4-16(5-7-17)14-18-9-12-28(13-10-18)20-2-1-3-20/h4-8,11,14,20H,1-3,9-10,12-13,15H2,(H,27,29). The Morgan fingerprint density at radius 3 is 2.34 bits per heavy atom. The van der Waals surface area contributed by atoms with Gasteiger partial charge in [0.25, 0.3) is 5.56 Å². The number of halogens is 3. The number of pyridine rings is 1. The molecule has 2 fully saturated rings. The molecule has 0 spiro atoms. The Morgan fingerprint density at radius 1 is 1.07 bits per heavy atom. The molecule has 0 radical (unpaired) electrons. The predicted molar refractivity (Wildman–Crippen MR) is 108 cm³/mol. The molecular formula is C23H25F3N2O. The van der Waals surface area contributed by atoms with Gasteiger partial charge in [0.15, 0.2) is 0 Å². The number of piperidine rings is 1. The molecule has 4 rings (SSSR count). The third-order valence-corrected chi connectivity index (χ3v) is 6.11. The zero-order chi connectivity index (χ0) is 20.4. The number of aromatic nitrogens is 1.